The van der Waals surface area contributed by atoms with Crippen LogP contribution in [0.1, 0.15) is 29.2 Å². The third kappa shape index (κ3) is 5.33. The average Bonchev–Trinajstić information content (AvgIpc) is 4.01. The van der Waals surface area contributed by atoms with Crippen molar-refractivity contribution in [1.29, 1.82) is 0 Å². The first kappa shape index (κ1) is 34.8. The van der Waals surface area contributed by atoms with Gasteiger partial charge in [-0.3, -0.25) is 0 Å². The van der Waals surface area contributed by atoms with E-state index in [0.717, 1.165) is 73.6 Å². The summed E-state index contributed by atoms with van der Waals surface area (Å²) in [7, 11) is 0. The standard InChI is InChI=1S/C58H38N2O2/c1-2-15-39-35-56-50(34-38(39)14-1)48-24-12-23-47(58(48)62-56)46-20-5-7-25-51(46)59(40-32-30-37(31-33-40)43-22-13-29-55-57(43)49-21-6-10-28-54(49)61-55)41-16-11-17-42(36-41)60-52-26-8-3-18-44(52)45-19-4-9-27-53(45)60/h1-21,23-36,43H,22H2. The van der Waals surface area contributed by atoms with Gasteiger partial charge in [-0.1, -0.05) is 140 Å². The Morgan fingerprint density at radius 3 is 1.95 bits per heavy atom. The molecule has 0 saturated heterocycles. The van der Waals surface area contributed by atoms with Gasteiger partial charge in [-0.25, -0.2) is 0 Å². The summed E-state index contributed by atoms with van der Waals surface area (Å²) in [5.74, 6) is 1.14. The van der Waals surface area contributed by atoms with Crippen LogP contribution in [0.4, 0.5) is 17.1 Å². The molecular weight excluding hydrogens is 757 g/mol. The van der Waals surface area contributed by atoms with Crippen LogP contribution in [0.2, 0.25) is 0 Å². The number of hydrogen-bond donors (Lipinski definition) is 0. The van der Waals surface area contributed by atoms with Crippen LogP contribution < -0.4 is 4.90 Å². The number of fused-ring (bicyclic) bond motifs is 10. The molecule has 1 unspecified atom stereocenters. The van der Waals surface area contributed by atoms with Crippen molar-refractivity contribution in [3.05, 3.63) is 223 Å². The van der Waals surface area contributed by atoms with Crippen molar-refractivity contribution in [1.82, 2.24) is 4.57 Å². The lowest BCUT2D eigenvalue weighted by atomic mass is 9.84. The predicted molar refractivity (Wildman–Crippen MR) is 257 cm³/mol. The van der Waals surface area contributed by atoms with Gasteiger partial charge in [0, 0.05) is 66.6 Å². The van der Waals surface area contributed by atoms with Crippen molar-refractivity contribution < 1.29 is 8.83 Å². The zero-order valence-corrected chi connectivity index (χ0v) is 33.7. The molecule has 62 heavy (non-hydrogen) atoms. The van der Waals surface area contributed by atoms with E-state index in [1.165, 1.54) is 49.1 Å². The average molecular weight is 795 g/mol. The Morgan fingerprint density at radius 1 is 0.468 bits per heavy atom. The number of allylic oxidation sites excluding steroid dienone is 1. The normalized spacial score (nSPS) is 13.8. The highest BCUT2D eigenvalue weighted by atomic mass is 16.3. The van der Waals surface area contributed by atoms with Gasteiger partial charge in [0.05, 0.1) is 16.7 Å². The summed E-state index contributed by atoms with van der Waals surface area (Å²) >= 11 is 0. The maximum absolute atomic E-state index is 6.84. The summed E-state index contributed by atoms with van der Waals surface area (Å²) in [4.78, 5) is 2.41. The van der Waals surface area contributed by atoms with Crippen LogP contribution in [0, 0.1) is 0 Å². The topological polar surface area (TPSA) is 34.5 Å². The molecule has 0 radical (unpaired) electrons. The summed E-state index contributed by atoms with van der Waals surface area (Å²) in [6, 6.07) is 72.2. The summed E-state index contributed by atoms with van der Waals surface area (Å²) in [6.45, 7) is 0. The van der Waals surface area contributed by atoms with E-state index >= 15 is 0 Å². The number of para-hydroxylation sites is 5. The summed E-state index contributed by atoms with van der Waals surface area (Å²) in [5.41, 5.74) is 14.0. The number of benzene rings is 9. The number of hydrogen-bond acceptors (Lipinski definition) is 3. The van der Waals surface area contributed by atoms with E-state index < -0.39 is 0 Å². The van der Waals surface area contributed by atoms with Crippen molar-refractivity contribution >= 4 is 88.6 Å². The maximum Gasteiger partial charge on any atom is 0.143 e. The Bertz CT molecular complexity index is 3700. The van der Waals surface area contributed by atoms with Gasteiger partial charge in [0.25, 0.3) is 0 Å². The quantitative estimate of drug-likeness (QED) is 0.168. The minimum atomic E-state index is 0.189. The highest BCUT2D eigenvalue weighted by Crippen LogP contribution is 2.47. The Morgan fingerprint density at radius 2 is 1.13 bits per heavy atom. The van der Waals surface area contributed by atoms with Crippen LogP contribution in [0.15, 0.2) is 215 Å². The Kier molecular flexibility index (Phi) is 7.70. The molecule has 0 amide bonds. The molecule has 292 valence electrons. The first-order valence-electron chi connectivity index (χ1n) is 21.4. The van der Waals surface area contributed by atoms with Gasteiger partial charge in [-0.15, -0.1) is 0 Å². The fraction of sp³-hybridized carbons (Fsp3) is 0.0345. The van der Waals surface area contributed by atoms with E-state index in [-0.39, 0.29) is 5.92 Å². The molecular formula is C58H38N2O2. The fourth-order valence-corrected chi connectivity index (χ4v) is 10.1. The fourth-order valence-electron chi connectivity index (χ4n) is 10.1. The Balaban J connectivity index is 1.01. The van der Waals surface area contributed by atoms with Gasteiger partial charge in [0.15, 0.2) is 0 Å². The molecule has 4 nitrogen and oxygen atoms in total. The molecule has 1 atom stereocenters. The second-order valence-electron chi connectivity index (χ2n) is 16.4. The molecule has 1 aliphatic carbocycles. The SMILES string of the molecule is C1=Cc2oc3ccccc3c2C(c2ccc(N(c3cccc(-n4c5ccccc5c5ccccc54)c3)c3ccccc3-c3cccc4c3oc3cc5ccccc5cc34)cc2)C1. The molecule has 0 N–H and O–H groups in total. The van der Waals surface area contributed by atoms with Crippen molar-refractivity contribution in [3.63, 3.8) is 0 Å². The van der Waals surface area contributed by atoms with Crippen molar-refractivity contribution in [3.8, 4) is 16.8 Å². The van der Waals surface area contributed by atoms with Crippen molar-refractivity contribution in [2.75, 3.05) is 4.90 Å². The lowest BCUT2D eigenvalue weighted by Gasteiger charge is -2.29. The van der Waals surface area contributed by atoms with Crippen LogP contribution in [0.3, 0.4) is 0 Å². The van der Waals surface area contributed by atoms with Gasteiger partial charge in [0.2, 0.25) is 0 Å². The van der Waals surface area contributed by atoms with Gasteiger partial charge in [-0.05, 0) is 95.6 Å². The summed E-state index contributed by atoms with van der Waals surface area (Å²) in [6.07, 6.45) is 5.29. The summed E-state index contributed by atoms with van der Waals surface area (Å²) < 4.78 is 15.6. The second-order valence-corrected chi connectivity index (χ2v) is 16.4. The first-order valence-corrected chi connectivity index (χ1v) is 21.4. The van der Waals surface area contributed by atoms with Crippen molar-refractivity contribution in [2.45, 2.75) is 12.3 Å². The minimum absolute atomic E-state index is 0.189. The molecule has 0 bridgehead atoms. The number of furan rings is 2. The largest absolute Gasteiger partial charge is 0.456 e. The molecule has 0 saturated carbocycles. The van der Waals surface area contributed by atoms with Crippen LogP contribution in [0.25, 0.3) is 88.4 Å². The van der Waals surface area contributed by atoms with Gasteiger partial charge in [0.1, 0.15) is 22.5 Å². The lowest BCUT2D eigenvalue weighted by Crippen LogP contribution is -2.12. The molecule has 9 aromatic carbocycles. The number of rotatable bonds is 6. The van der Waals surface area contributed by atoms with Crippen LogP contribution in [-0.4, -0.2) is 4.57 Å². The van der Waals surface area contributed by atoms with Gasteiger partial charge < -0.3 is 18.3 Å². The molecule has 4 heteroatoms. The zero-order chi connectivity index (χ0) is 40.7. The number of nitrogens with zero attached hydrogens (tertiary/aromatic N) is 2. The van der Waals surface area contributed by atoms with Crippen molar-refractivity contribution in [2.24, 2.45) is 0 Å². The van der Waals surface area contributed by atoms with Crippen LogP contribution >= 0.6 is 0 Å². The highest BCUT2D eigenvalue weighted by molar-refractivity contribution is 6.14. The smallest absolute Gasteiger partial charge is 0.143 e. The molecule has 0 spiro atoms. The molecule has 13 rings (SSSR count). The van der Waals surface area contributed by atoms with E-state index in [4.69, 9.17) is 8.83 Å². The van der Waals surface area contributed by atoms with Gasteiger partial charge in [-0.2, -0.15) is 0 Å². The van der Waals surface area contributed by atoms with Gasteiger partial charge >= 0.3 is 0 Å². The Hall–Kier alpha value is -8.08. The number of aromatic nitrogens is 1. The molecule has 12 aromatic rings. The molecule has 3 heterocycles. The molecule has 0 aliphatic heterocycles. The van der Waals surface area contributed by atoms with E-state index in [1.807, 2.05) is 6.07 Å². The third-order valence-corrected chi connectivity index (χ3v) is 12.9. The second kappa shape index (κ2) is 13.7. The minimum Gasteiger partial charge on any atom is -0.456 e. The zero-order valence-electron chi connectivity index (χ0n) is 33.7. The maximum atomic E-state index is 6.84. The predicted octanol–water partition coefficient (Wildman–Crippen LogP) is 16.3. The van der Waals surface area contributed by atoms with E-state index in [9.17, 15) is 0 Å². The summed E-state index contributed by atoms with van der Waals surface area (Å²) in [5, 5.41) is 8.26. The highest BCUT2D eigenvalue weighted by Gasteiger charge is 2.26. The monoisotopic (exact) mass is 794 g/mol. The number of anilines is 3. The molecule has 0 fully saturated rings. The van der Waals surface area contributed by atoms with E-state index in [1.54, 1.807) is 0 Å². The van der Waals surface area contributed by atoms with E-state index in [0.29, 0.717) is 0 Å². The lowest BCUT2D eigenvalue weighted by molar-refractivity contribution is 0.589. The molecule has 3 aromatic heterocycles. The van der Waals surface area contributed by atoms with E-state index in [2.05, 4.69) is 216 Å². The molecule has 1 aliphatic rings. The van der Waals surface area contributed by atoms with Crippen LogP contribution in [0.5, 0.6) is 0 Å². The van der Waals surface area contributed by atoms with Crippen LogP contribution in [-0.2, 0) is 0 Å². The third-order valence-electron chi connectivity index (χ3n) is 12.9. The Labute approximate surface area is 357 Å². The first-order chi connectivity index (χ1) is 30.7.